The number of hydrogen-bond donors (Lipinski definition) is 2. The van der Waals surface area contributed by atoms with E-state index in [0.717, 1.165) is 42.5 Å². The Morgan fingerprint density at radius 2 is 2.04 bits per heavy atom. The van der Waals surface area contributed by atoms with E-state index in [1.807, 2.05) is 30.3 Å². The number of hydrogen-bond acceptors (Lipinski definition) is 7. The van der Waals surface area contributed by atoms with E-state index in [0.29, 0.717) is 23.0 Å². The lowest BCUT2D eigenvalue weighted by atomic mass is 10.0. The van der Waals surface area contributed by atoms with Gasteiger partial charge < -0.3 is 15.3 Å². The smallest absolute Gasteiger partial charge is 0.156 e. The standard InChI is InChI=1S/C20H20N6O/c1-26-8-4-5-14(12-26)23-20-16-7-3-2-6-15(16)18(24-25-20)19-17(27)9-13(10-21)11-22-19/h2-3,6-7,9,11,14,27H,4-5,8,12H2,1H3,(H,23,25)/t14-/m1/s1. The Bertz CT molecular complexity index is 1030. The first-order valence-corrected chi connectivity index (χ1v) is 8.95. The second kappa shape index (κ2) is 7.17. The van der Waals surface area contributed by atoms with Crippen molar-refractivity contribution in [1.29, 1.82) is 5.26 Å². The van der Waals surface area contributed by atoms with Crippen molar-refractivity contribution < 1.29 is 5.11 Å². The van der Waals surface area contributed by atoms with E-state index in [4.69, 9.17) is 5.26 Å². The van der Waals surface area contributed by atoms with Crippen molar-refractivity contribution in [2.24, 2.45) is 0 Å². The van der Waals surface area contributed by atoms with Gasteiger partial charge in [0.05, 0.1) is 5.56 Å². The van der Waals surface area contributed by atoms with Gasteiger partial charge in [-0.3, -0.25) is 0 Å². The highest BCUT2D eigenvalue weighted by Crippen LogP contribution is 2.33. The maximum absolute atomic E-state index is 10.3. The Balaban J connectivity index is 1.76. The molecule has 2 N–H and O–H groups in total. The molecule has 0 radical (unpaired) electrons. The van der Waals surface area contributed by atoms with Crippen molar-refractivity contribution in [2.45, 2.75) is 18.9 Å². The third kappa shape index (κ3) is 3.39. The van der Waals surface area contributed by atoms with Crippen molar-refractivity contribution in [3.63, 3.8) is 0 Å². The number of nitrogens with zero attached hydrogens (tertiary/aromatic N) is 5. The molecule has 1 fully saturated rings. The van der Waals surface area contributed by atoms with Gasteiger partial charge in [-0.25, -0.2) is 4.98 Å². The van der Waals surface area contributed by atoms with Crippen LogP contribution in [0.25, 0.3) is 22.2 Å². The number of piperidine rings is 1. The monoisotopic (exact) mass is 360 g/mol. The molecule has 0 spiro atoms. The third-order valence-electron chi connectivity index (χ3n) is 4.87. The van der Waals surface area contributed by atoms with Gasteiger partial charge in [0.15, 0.2) is 5.82 Å². The van der Waals surface area contributed by atoms with Crippen LogP contribution >= 0.6 is 0 Å². The molecule has 1 aliphatic heterocycles. The summed E-state index contributed by atoms with van der Waals surface area (Å²) in [6, 6.07) is 11.5. The summed E-state index contributed by atoms with van der Waals surface area (Å²) < 4.78 is 0. The zero-order chi connectivity index (χ0) is 18.8. The van der Waals surface area contributed by atoms with Crippen molar-refractivity contribution in [2.75, 3.05) is 25.5 Å². The zero-order valence-electron chi connectivity index (χ0n) is 15.1. The van der Waals surface area contributed by atoms with Gasteiger partial charge in [0.1, 0.15) is 23.2 Å². The Morgan fingerprint density at radius 1 is 1.22 bits per heavy atom. The first-order chi connectivity index (χ1) is 13.2. The van der Waals surface area contributed by atoms with Gasteiger partial charge in [0.2, 0.25) is 0 Å². The first-order valence-electron chi connectivity index (χ1n) is 8.95. The van der Waals surface area contributed by atoms with Gasteiger partial charge >= 0.3 is 0 Å². The molecule has 136 valence electrons. The van der Waals surface area contributed by atoms with Crippen LogP contribution in [0, 0.1) is 11.3 Å². The summed E-state index contributed by atoms with van der Waals surface area (Å²) in [6.45, 7) is 2.09. The lowest BCUT2D eigenvalue weighted by Gasteiger charge is -2.30. The molecule has 0 aliphatic carbocycles. The average Bonchev–Trinajstić information content (AvgIpc) is 2.68. The highest BCUT2D eigenvalue weighted by molar-refractivity contribution is 6.00. The maximum atomic E-state index is 10.3. The number of likely N-dealkylation sites (N-methyl/N-ethyl adjacent to an activating group) is 1. The van der Waals surface area contributed by atoms with E-state index in [-0.39, 0.29) is 5.75 Å². The minimum atomic E-state index is -0.0804. The summed E-state index contributed by atoms with van der Waals surface area (Å²) in [5.74, 6) is 0.658. The van der Waals surface area contributed by atoms with E-state index >= 15 is 0 Å². The molecule has 0 saturated carbocycles. The van der Waals surface area contributed by atoms with Gasteiger partial charge in [-0.1, -0.05) is 24.3 Å². The Morgan fingerprint density at radius 3 is 2.78 bits per heavy atom. The van der Waals surface area contributed by atoms with Gasteiger partial charge in [-0.05, 0) is 26.4 Å². The highest BCUT2D eigenvalue weighted by Gasteiger charge is 2.20. The van der Waals surface area contributed by atoms with Gasteiger partial charge in [0.25, 0.3) is 0 Å². The van der Waals surface area contributed by atoms with Crippen LogP contribution in [0.3, 0.4) is 0 Å². The van der Waals surface area contributed by atoms with Gasteiger partial charge in [-0.2, -0.15) is 5.26 Å². The second-order valence-electron chi connectivity index (χ2n) is 6.89. The molecule has 4 rings (SSSR count). The quantitative estimate of drug-likeness (QED) is 0.741. The molecule has 0 bridgehead atoms. The molecule has 1 saturated heterocycles. The van der Waals surface area contributed by atoms with Crippen LogP contribution in [-0.4, -0.2) is 51.4 Å². The maximum Gasteiger partial charge on any atom is 0.156 e. The second-order valence-corrected chi connectivity index (χ2v) is 6.89. The van der Waals surface area contributed by atoms with Crippen LogP contribution < -0.4 is 5.32 Å². The lowest BCUT2D eigenvalue weighted by Crippen LogP contribution is -2.40. The van der Waals surface area contributed by atoms with Crippen molar-refractivity contribution in [3.8, 4) is 23.2 Å². The summed E-state index contributed by atoms with van der Waals surface area (Å²) in [7, 11) is 2.13. The van der Waals surface area contributed by atoms with Crippen LogP contribution in [0.15, 0.2) is 36.5 Å². The zero-order valence-corrected chi connectivity index (χ0v) is 15.1. The van der Waals surface area contributed by atoms with Crippen LogP contribution in [0.1, 0.15) is 18.4 Å². The fraction of sp³-hybridized carbons (Fsp3) is 0.300. The molecule has 3 heterocycles. The fourth-order valence-electron chi connectivity index (χ4n) is 3.56. The topological polar surface area (TPSA) is 98.0 Å². The number of benzene rings is 1. The van der Waals surface area contributed by atoms with Crippen LogP contribution in [0.2, 0.25) is 0 Å². The molecule has 0 amide bonds. The lowest BCUT2D eigenvalue weighted by molar-refractivity contribution is 0.261. The van der Waals surface area contributed by atoms with E-state index in [2.05, 4.69) is 32.4 Å². The normalized spacial score (nSPS) is 17.6. The van der Waals surface area contributed by atoms with Crippen LogP contribution in [0.4, 0.5) is 5.82 Å². The van der Waals surface area contributed by atoms with Crippen LogP contribution in [0.5, 0.6) is 5.75 Å². The van der Waals surface area contributed by atoms with Crippen LogP contribution in [-0.2, 0) is 0 Å². The van der Waals surface area contributed by atoms with E-state index in [9.17, 15) is 5.11 Å². The minimum absolute atomic E-state index is 0.0804. The number of nitriles is 1. The number of pyridine rings is 1. The summed E-state index contributed by atoms with van der Waals surface area (Å²) in [5, 5.41) is 33.3. The number of likely N-dealkylation sites (tertiary alicyclic amines) is 1. The molecular formula is C20H20N6O. The number of fused-ring (bicyclic) bond motifs is 1. The number of aromatic nitrogens is 3. The largest absolute Gasteiger partial charge is 0.506 e. The van der Waals surface area contributed by atoms with E-state index in [1.54, 1.807) is 0 Å². The molecule has 0 unspecified atom stereocenters. The minimum Gasteiger partial charge on any atom is -0.506 e. The van der Waals surface area contributed by atoms with E-state index < -0.39 is 0 Å². The Hall–Kier alpha value is -3.24. The summed E-state index contributed by atoms with van der Waals surface area (Å²) >= 11 is 0. The molecule has 7 heteroatoms. The summed E-state index contributed by atoms with van der Waals surface area (Å²) in [5.41, 5.74) is 1.12. The average molecular weight is 360 g/mol. The van der Waals surface area contributed by atoms with Gasteiger partial charge in [0, 0.05) is 35.6 Å². The predicted octanol–water partition coefficient (Wildman–Crippen LogP) is 2.78. The van der Waals surface area contributed by atoms with Crippen molar-refractivity contribution >= 4 is 16.6 Å². The Kier molecular flexibility index (Phi) is 4.57. The van der Waals surface area contributed by atoms with Crippen molar-refractivity contribution in [1.82, 2.24) is 20.1 Å². The molecule has 3 aromatic rings. The fourth-order valence-corrected chi connectivity index (χ4v) is 3.56. The third-order valence-corrected chi connectivity index (χ3v) is 4.87. The SMILES string of the molecule is CN1CCC[C@@H](Nc2nnc(-c3ncc(C#N)cc3O)c3ccccc23)C1. The van der Waals surface area contributed by atoms with Crippen molar-refractivity contribution in [3.05, 3.63) is 42.1 Å². The highest BCUT2D eigenvalue weighted by atomic mass is 16.3. The molecule has 1 aromatic carbocycles. The first kappa shape index (κ1) is 17.2. The van der Waals surface area contributed by atoms with E-state index in [1.165, 1.54) is 12.3 Å². The number of anilines is 1. The molecule has 27 heavy (non-hydrogen) atoms. The summed E-state index contributed by atoms with van der Waals surface area (Å²) in [4.78, 5) is 6.53. The predicted molar refractivity (Wildman–Crippen MR) is 103 cm³/mol. The molecule has 1 aliphatic rings. The molecular weight excluding hydrogens is 340 g/mol. The number of aromatic hydroxyl groups is 1. The molecule has 1 atom stereocenters. The molecule has 7 nitrogen and oxygen atoms in total. The Labute approximate surface area is 157 Å². The summed E-state index contributed by atoms with van der Waals surface area (Å²) in [6.07, 6.45) is 3.68. The molecule has 2 aromatic heterocycles. The van der Waals surface area contributed by atoms with Gasteiger partial charge in [-0.15, -0.1) is 10.2 Å². The number of nitrogens with one attached hydrogen (secondary N) is 1. The number of rotatable bonds is 3.